The van der Waals surface area contributed by atoms with Crippen molar-refractivity contribution in [1.29, 1.82) is 5.26 Å². The van der Waals surface area contributed by atoms with Crippen LogP contribution in [0.5, 0.6) is 5.75 Å². The highest BCUT2D eigenvalue weighted by atomic mass is 35.5. The minimum absolute atomic E-state index is 0.480. The first-order chi connectivity index (χ1) is 8.69. The maximum absolute atomic E-state index is 8.47. The van der Waals surface area contributed by atoms with Crippen molar-refractivity contribution < 1.29 is 4.74 Å². The molecule has 3 nitrogen and oxygen atoms in total. The number of hydrogen-bond acceptors (Lipinski definition) is 3. The minimum Gasteiger partial charge on any atom is -0.492 e. The lowest BCUT2D eigenvalue weighted by atomic mass is 10.2. The van der Waals surface area contributed by atoms with Crippen molar-refractivity contribution >= 4 is 23.2 Å². The van der Waals surface area contributed by atoms with Crippen molar-refractivity contribution in [2.75, 3.05) is 13.2 Å². The topological polar surface area (TPSA) is 45.0 Å². The number of rotatable bonds is 7. The lowest BCUT2D eigenvalue weighted by Crippen LogP contribution is -2.13. The van der Waals surface area contributed by atoms with Crippen LogP contribution in [0.2, 0.25) is 10.0 Å². The van der Waals surface area contributed by atoms with Gasteiger partial charge in [-0.2, -0.15) is 5.26 Å². The van der Waals surface area contributed by atoms with Crippen molar-refractivity contribution in [3.63, 3.8) is 0 Å². The first kappa shape index (κ1) is 15.1. The Kier molecular flexibility index (Phi) is 6.89. The molecule has 0 aliphatic carbocycles. The van der Waals surface area contributed by atoms with Gasteiger partial charge in [0.25, 0.3) is 0 Å². The molecule has 0 saturated carbocycles. The van der Waals surface area contributed by atoms with E-state index in [4.69, 9.17) is 33.2 Å². The quantitative estimate of drug-likeness (QED) is 0.776. The summed E-state index contributed by atoms with van der Waals surface area (Å²) < 4.78 is 5.64. The van der Waals surface area contributed by atoms with Crippen LogP contribution in [-0.4, -0.2) is 13.2 Å². The summed E-state index contributed by atoms with van der Waals surface area (Å²) in [6, 6.07) is 5.59. The summed E-state index contributed by atoms with van der Waals surface area (Å²) in [5.41, 5.74) is 0.936. The minimum atomic E-state index is 0.480. The van der Waals surface area contributed by atoms with Crippen molar-refractivity contribution in [3.05, 3.63) is 27.7 Å². The van der Waals surface area contributed by atoms with Crippen LogP contribution in [0.3, 0.4) is 0 Å². The summed E-state index contributed by atoms with van der Waals surface area (Å²) >= 11 is 12.1. The fraction of sp³-hybridized carbons (Fsp3) is 0.462. The molecule has 1 N–H and O–H groups in total. The zero-order valence-corrected chi connectivity index (χ0v) is 11.8. The van der Waals surface area contributed by atoms with E-state index in [2.05, 4.69) is 11.4 Å². The number of nitriles is 1. The van der Waals surface area contributed by atoms with Crippen LogP contribution in [0.15, 0.2) is 12.1 Å². The molecule has 0 aliphatic rings. The molecular formula is C13H16Cl2N2O. The van der Waals surface area contributed by atoms with Gasteiger partial charge < -0.3 is 10.1 Å². The van der Waals surface area contributed by atoms with Crippen LogP contribution in [0.25, 0.3) is 0 Å². The molecule has 0 saturated heterocycles. The van der Waals surface area contributed by atoms with Crippen molar-refractivity contribution in [1.82, 2.24) is 5.32 Å². The van der Waals surface area contributed by atoms with Gasteiger partial charge in [-0.05, 0) is 25.1 Å². The molecule has 18 heavy (non-hydrogen) atoms. The molecule has 0 heterocycles. The highest BCUT2D eigenvalue weighted by molar-refractivity contribution is 6.35. The Morgan fingerprint density at radius 2 is 2.17 bits per heavy atom. The molecule has 5 heteroatoms. The third kappa shape index (κ3) is 4.73. The van der Waals surface area contributed by atoms with E-state index in [0.717, 1.165) is 12.1 Å². The van der Waals surface area contributed by atoms with Gasteiger partial charge in [0, 0.05) is 23.6 Å². The number of hydrogen-bond donors (Lipinski definition) is 1. The van der Waals surface area contributed by atoms with E-state index in [1.165, 1.54) is 0 Å². The molecular weight excluding hydrogens is 271 g/mol. The average Bonchev–Trinajstić information content (AvgIpc) is 2.34. The van der Waals surface area contributed by atoms with E-state index < -0.39 is 0 Å². The number of nitrogens with zero attached hydrogens (tertiary/aromatic N) is 1. The van der Waals surface area contributed by atoms with E-state index in [9.17, 15) is 0 Å². The van der Waals surface area contributed by atoms with E-state index in [1.54, 1.807) is 6.07 Å². The molecule has 0 amide bonds. The van der Waals surface area contributed by atoms with Crippen molar-refractivity contribution in [3.8, 4) is 11.8 Å². The van der Waals surface area contributed by atoms with Crippen LogP contribution >= 0.6 is 23.2 Å². The van der Waals surface area contributed by atoms with Gasteiger partial charge in [0.05, 0.1) is 17.7 Å². The highest BCUT2D eigenvalue weighted by Gasteiger charge is 2.10. The second kappa shape index (κ2) is 8.20. The summed E-state index contributed by atoms with van der Waals surface area (Å²) in [5.74, 6) is 0.653. The molecule has 0 radical (unpaired) electrons. The third-order valence-corrected chi connectivity index (χ3v) is 2.83. The van der Waals surface area contributed by atoms with Gasteiger partial charge in [-0.15, -0.1) is 0 Å². The van der Waals surface area contributed by atoms with Gasteiger partial charge in [-0.25, -0.2) is 0 Å². The fourth-order valence-corrected chi connectivity index (χ4v) is 2.08. The largest absolute Gasteiger partial charge is 0.492 e. The lowest BCUT2D eigenvalue weighted by Gasteiger charge is -2.13. The number of unbranched alkanes of at least 4 members (excludes halogenated alkanes) is 1. The zero-order valence-electron chi connectivity index (χ0n) is 10.3. The van der Waals surface area contributed by atoms with Gasteiger partial charge in [0.2, 0.25) is 0 Å². The van der Waals surface area contributed by atoms with Gasteiger partial charge in [-0.3, -0.25) is 0 Å². The van der Waals surface area contributed by atoms with Gasteiger partial charge >= 0.3 is 0 Å². The Hall–Kier alpha value is -0.950. The molecule has 1 rings (SSSR count). The maximum Gasteiger partial charge on any atom is 0.142 e. The van der Waals surface area contributed by atoms with Crippen LogP contribution < -0.4 is 10.1 Å². The lowest BCUT2D eigenvalue weighted by molar-refractivity contribution is 0.309. The third-order valence-electron chi connectivity index (χ3n) is 2.33. The Bertz CT molecular complexity index is 430. The first-order valence-corrected chi connectivity index (χ1v) is 6.63. The molecule has 0 aliphatic heterocycles. The summed E-state index contributed by atoms with van der Waals surface area (Å²) in [5, 5.41) is 12.8. The Morgan fingerprint density at radius 3 is 2.83 bits per heavy atom. The SMILES string of the molecule is CCNCc1cc(Cl)cc(Cl)c1OCCCC#N. The molecule has 0 bridgehead atoms. The number of halogens is 2. The summed E-state index contributed by atoms with van der Waals surface area (Å²) in [6.45, 7) is 4.02. The Balaban J connectivity index is 2.76. The molecule has 0 aromatic heterocycles. The predicted octanol–water partition coefficient (Wildman–Crippen LogP) is 3.79. The average molecular weight is 287 g/mol. The van der Waals surface area contributed by atoms with Gasteiger partial charge in [-0.1, -0.05) is 30.1 Å². The highest BCUT2D eigenvalue weighted by Crippen LogP contribution is 2.32. The monoisotopic (exact) mass is 286 g/mol. The molecule has 0 fully saturated rings. The number of nitrogens with one attached hydrogen (secondary N) is 1. The number of ether oxygens (including phenoxy) is 1. The second-order valence-electron chi connectivity index (χ2n) is 3.77. The standard InChI is InChI=1S/C13H16Cl2N2O/c1-2-17-9-10-7-11(14)8-12(15)13(10)18-6-4-3-5-16/h7-8,17H,2-4,6,9H2,1H3. The van der Waals surface area contributed by atoms with Crippen molar-refractivity contribution in [2.45, 2.75) is 26.3 Å². The van der Waals surface area contributed by atoms with Crippen LogP contribution in [-0.2, 0) is 6.54 Å². The second-order valence-corrected chi connectivity index (χ2v) is 4.61. The summed E-state index contributed by atoms with van der Waals surface area (Å²) in [7, 11) is 0. The van der Waals surface area contributed by atoms with E-state index in [-0.39, 0.29) is 0 Å². The molecule has 1 aromatic rings. The van der Waals surface area contributed by atoms with Crippen LogP contribution in [0.4, 0.5) is 0 Å². The molecule has 0 atom stereocenters. The predicted molar refractivity (Wildman–Crippen MR) is 74.2 cm³/mol. The molecule has 0 unspecified atom stereocenters. The molecule has 1 aromatic carbocycles. The molecule has 98 valence electrons. The number of benzene rings is 1. The smallest absolute Gasteiger partial charge is 0.142 e. The summed E-state index contributed by atoms with van der Waals surface area (Å²) in [6.07, 6.45) is 1.17. The van der Waals surface area contributed by atoms with Crippen LogP contribution in [0.1, 0.15) is 25.3 Å². The van der Waals surface area contributed by atoms with Gasteiger partial charge in [0.1, 0.15) is 5.75 Å². The summed E-state index contributed by atoms with van der Waals surface area (Å²) in [4.78, 5) is 0. The Labute approximate surface area is 118 Å². The molecule has 0 spiro atoms. The van der Waals surface area contributed by atoms with E-state index >= 15 is 0 Å². The van der Waals surface area contributed by atoms with Gasteiger partial charge in [0.15, 0.2) is 0 Å². The first-order valence-electron chi connectivity index (χ1n) is 5.87. The van der Waals surface area contributed by atoms with E-state index in [1.807, 2.05) is 13.0 Å². The fourth-order valence-electron chi connectivity index (χ4n) is 1.49. The Morgan fingerprint density at radius 1 is 1.39 bits per heavy atom. The zero-order chi connectivity index (χ0) is 13.4. The van der Waals surface area contributed by atoms with Crippen molar-refractivity contribution in [2.24, 2.45) is 0 Å². The van der Waals surface area contributed by atoms with Crippen LogP contribution in [0, 0.1) is 11.3 Å². The van der Waals surface area contributed by atoms with E-state index in [0.29, 0.717) is 41.8 Å². The normalized spacial score (nSPS) is 10.1. The maximum atomic E-state index is 8.47.